The lowest BCUT2D eigenvalue weighted by molar-refractivity contribution is 0.854. The molecule has 0 amide bonds. The van der Waals surface area contributed by atoms with Gasteiger partial charge in [0.25, 0.3) is 0 Å². The van der Waals surface area contributed by atoms with Gasteiger partial charge in [0.2, 0.25) is 0 Å². The lowest BCUT2D eigenvalue weighted by atomic mass is 9.90. The van der Waals surface area contributed by atoms with Crippen molar-refractivity contribution in [3.63, 3.8) is 0 Å². The quantitative estimate of drug-likeness (QED) is 0.153. The smallest absolute Gasteiger partial charge is 0.164 e. The van der Waals surface area contributed by atoms with Crippen LogP contribution in [0.4, 0.5) is 0 Å². The Morgan fingerprint density at radius 2 is 0.956 bits per heavy atom. The number of para-hydroxylation sites is 1. The third-order valence-corrected chi connectivity index (χ3v) is 14.5. The fourth-order valence-corrected chi connectivity index (χ4v) is 11.2. The van der Waals surface area contributed by atoms with Gasteiger partial charge < -0.3 is 4.57 Å². The molecule has 9 aromatic carbocycles. The molecule has 0 N–H and O–H groups in total. The first-order valence-corrected chi connectivity index (χ1v) is 24.0. The van der Waals surface area contributed by atoms with Crippen LogP contribution in [-0.4, -0.2) is 19.5 Å². The van der Waals surface area contributed by atoms with Gasteiger partial charge in [0, 0.05) is 64.7 Å². The molecule has 0 bridgehead atoms. The number of hydrogen-bond donors (Lipinski definition) is 0. The minimum atomic E-state index is 0.288. The van der Waals surface area contributed by atoms with Gasteiger partial charge in [-0.2, -0.15) is 0 Å². The summed E-state index contributed by atoms with van der Waals surface area (Å²) in [6.07, 6.45) is 7.61. The summed E-state index contributed by atoms with van der Waals surface area (Å²) in [4.78, 5) is 16.0. The summed E-state index contributed by atoms with van der Waals surface area (Å²) in [5, 5.41) is 5.09. The SMILES string of the molecule is C1=CC(c2ccccc2)CC=C1c1nc(-c2ccc(-c3ccccc3)cc2)nc(-c2cc(-c3ccccc3)c(-n3c4ccccc4c4c5c(ccc43)sc3ccccc35)c(-c3ccccc3)c2)n1. The van der Waals surface area contributed by atoms with Crippen molar-refractivity contribution in [3.05, 3.63) is 248 Å². The predicted octanol–water partition coefficient (Wildman–Crippen LogP) is 16.8. The summed E-state index contributed by atoms with van der Waals surface area (Å²) in [5.74, 6) is 2.19. The van der Waals surface area contributed by atoms with E-state index in [0.29, 0.717) is 17.5 Å². The van der Waals surface area contributed by atoms with Crippen LogP contribution in [0.25, 0.3) is 109 Å². The second-order valence-electron chi connectivity index (χ2n) is 17.5. The first-order valence-electron chi connectivity index (χ1n) is 23.2. The Kier molecular flexibility index (Phi) is 9.80. The van der Waals surface area contributed by atoms with E-state index in [9.17, 15) is 0 Å². The molecule has 0 spiro atoms. The standard InChI is InChI=1S/C63H42N4S/c1-5-17-41(18-6-1)43-29-33-47(34-30-43)61-64-62(48-35-31-44(32-36-48)42-19-7-2-8-20-42)66-63(65-61)49-39-52(45-21-9-3-10-22-45)60(53(40-49)46-23-11-4-12-24-46)67-54-27-15-13-25-50(54)58-55(67)37-38-57-59(58)51-26-14-16-28-56(51)68-57/h1-31,33-40,44H,32H2. The van der Waals surface area contributed by atoms with Crippen LogP contribution in [0.2, 0.25) is 0 Å². The molecule has 1 atom stereocenters. The van der Waals surface area contributed by atoms with Gasteiger partial charge in [-0.05, 0) is 70.6 Å². The highest BCUT2D eigenvalue weighted by Crippen LogP contribution is 2.47. The van der Waals surface area contributed by atoms with Crippen LogP contribution in [0.15, 0.2) is 237 Å². The average Bonchev–Trinajstić information content (AvgIpc) is 3.97. The van der Waals surface area contributed by atoms with Crippen molar-refractivity contribution < 1.29 is 0 Å². The normalized spacial score (nSPS) is 13.7. The fraction of sp³-hybridized carbons (Fsp3) is 0.0317. The highest BCUT2D eigenvalue weighted by molar-refractivity contribution is 7.26. The lowest BCUT2D eigenvalue weighted by Gasteiger charge is -2.21. The molecular weight excluding hydrogens is 845 g/mol. The molecule has 5 heteroatoms. The number of fused-ring (bicyclic) bond motifs is 7. The molecule has 68 heavy (non-hydrogen) atoms. The van der Waals surface area contributed by atoms with Crippen molar-refractivity contribution in [1.29, 1.82) is 0 Å². The zero-order valence-electron chi connectivity index (χ0n) is 37.0. The third kappa shape index (κ3) is 6.95. The van der Waals surface area contributed by atoms with E-state index in [-0.39, 0.29) is 5.92 Å². The minimum Gasteiger partial charge on any atom is -0.308 e. The molecular formula is C63H42N4S. The number of benzene rings is 9. The summed E-state index contributed by atoms with van der Waals surface area (Å²) in [6.45, 7) is 0. The number of thiophene rings is 1. The molecule has 0 fully saturated rings. The molecule has 4 nitrogen and oxygen atoms in total. The molecule has 3 heterocycles. The predicted molar refractivity (Wildman–Crippen MR) is 285 cm³/mol. The fourth-order valence-electron chi connectivity index (χ4n) is 10.1. The Morgan fingerprint density at radius 1 is 0.412 bits per heavy atom. The number of nitrogens with zero attached hydrogens (tertiary/aromatic N) is 4. The number of hydrogen-bond acceptors (Lipinski definition) is 4. The van der Waals surface area contributed by atoms with Crippen LogP contribution < -0.4 is 0 Å². The third-order valence-electron chi connectivity index (χ3n) is 13.4. The number of aromatic nitrogens is 4. The van der Waals surface area contributed by atoms with Crippen LogP contribution in [0.3, 0.4) is 0 Å². The zero-order valence-corrected chi connectivity index (χ0v) is 37.8. The second kappa shape index (κ2) is 16.7. The number of rotatable bonds is 8. The molecule has 0 radical (unpaired) electrons. The maximum Gasteiger partial charge on any atom is 0.164 e. The Bertz CT molecular complexity index is 3850. The molecule has 1 aliphatic carbocycles. The molecule has 0 aliphatic heterocycles. The van der Waals surface area contributed by atoms with Crippen LogP contribution in [0, 0.1) is 0 Å². The summed E-state index contributed by atoms with van der Waals surface area (Å²) in [6, 6.07) is 78.3. The van der Waals surface area contributed by atoms with E-state index >= 15 is 0 Å². The molecule has 1 unspecified atom stereocenters. The van der Waals surface area contributed by atoms with Crippen molar-refractivity contribution in [2.24, 2.45) is 0 Å². The molecule has 0 saturated carbocycles. The summed E-state index contributed by atoms with van der Waals surface area (Å²) >= 11 is 1.86. The maximum atomic E-state index is 5.39. The Hall–Kier alpha value is -8.51. The number of allylic oxidation sites excluding steroid dienone is 4. The molecule has 0 saturated heterocycles. The summed E-state index contributed by atoms with van der Waals surface area (Å²) < 4.78 is 5.09. The largest absolute Gasteiger partial charge is 0.308 e. The van der Waals surface area contributed by atoms with Crippen molar-refractivity contribution in [2.75, 3.05) is 0 Å². The van der Waals surface area contributed by atoms with Crippen molar-refractivity contribution >= 4 is 58.9 Å². The monoisotopic (exact) mass is 886 g/mol. The van der Waals surface area contributed by atoms with Gasteiger partial charge >= 0.3 is 0 Å². The van der Waals surface area contributed by atoms with Crippen LogP contribution >= 0.6 is 11.3 Å². The Balaban J connectivity index is 1.06. The van der Waals surface area contributed by atoms with Crippen molar-refractivity contribution in [3.8, 4) is 61.8 Å². The summed E-state index contributed by atoms with van der Waals surface area (Å²) in [7, 11) is 0. The first kappa shape index (κ1) is 39.8. The van der Waals surface area contributed by atoms with Crippen LogP contribution in [0.5, 0.6) is 0 Å². The van der Waals surface area contributed by atoms with E-state index in [2.05, 4.69) is 235 Å². The van der Waals surface area contributed by atoms with E-state index in [4.69, 9.17) is 15.0 Å². The van der Waals surface area contributed by atoms with E-state index < -0.39 is 0 Å². The van der Waals surface area contributed by atoms with Gasteiger partial charge in [0.15, 0.2) is 17.5 Å². The molecule has 3 aromatic heterocycles. The second-order valence-corrected chi connectivity index (χ2v) is 18.5. The van der Waals surface area contributed by atoms with Gasteiger partial charge in [-0.25, -0.2) is 15.0 Å². The van der Waals surface area contributed by atoms with Crippen LogP contribution in [-0.2, 0) is 0 Å². The molecule has 13 rings (SSSR count). The maximum absolute atomic E-state index is 5.39. The van der Waals surface area contributed by atoms with E-state index in [1.165, 1.54) is 42.1 Å². The first-order chi connectivity index (χ1) is 33.7. The molecule has 12 aromatic rings. The average molecular weight is 887 g/mol. The Labute approximate surface area is 398 Å². The molecule has 1 aliphatic rings. The van der Waals surface area contributed by atoms with E-state index in [1.54, 1.807) is 0 Å². The van der Waals surface area contributed by atoms with Gasteiger partial charge in [-0.3, -0.25) is 0 Å². The van der Waals surface area contributed by atoms with Crippen molar-refractivity contribution in [1.82, 2.24) is 19.5 Å². The van der Waals surface area contributed by atoms with Crippen molar-refractivity contribution in [2.45, 2.75) is 12.3 Å². The van der Waals surface area contributed by atoms with E-state index in [0.717, 1.165) is 67.7 Å². The van der Waals surface area contributed by atoms with E-state index in [1.807, 2.05) is 17.4 Å². The van der Waals surface area contributed by atoms with Crippen LogP contribution in [0.1, 0.15) is 23.7 Å². The highest BCUT2D eigenvalue weighted by atomic mass is 32.1. The highest BCUT2D eigenvalue weighted by Gasteiger charge is 2.25. The topological polar surface area (TPSA) is 43.6 Å². The Morgan fingerprint density at radius 3 is 1.62 bits per heavy atom. The summed E-state index contributed by atoms with van der Waals surface area (Å²) in [5.41, 5.74) is 14.2. The minimum absolute atomic E-state index is 0.288. The van der Waals surface area contributed by atoms with Gasteiger partial charge in [-0.1, -0.05) is 200 Å². The molecule has 320 valence electrons. The van der Waals surface area contributed by atoms with Gasteiger partial charge in [0.05, 0.1) is 16.7 Å². The van der Waals surface area contributed by atoms with Gasteiger partial charge in [-0.15, -0.1) is 11.3 Å². The lowest BCUT2D eigenvalue weighted by Crippen LogP contribution is -2.06. The zero-order chi connectivity index (χ0) is 45.0. The van der Waals surface area contributed by atoms with Gasteiger partial charge in [0.1, 0.15) is 0 Å².